The lowest BCUT2D eigenvalue weighted by atomic mass is 9.93. The van der Waals surface area contributed by atoms with Gasteiger partial charge in [0.25, 0.3) is 0 Å². The number of aliphatic hydroxyl groups excluding tert-OH is 1. The van der Waals surface area contributed by atoms with Crippen LogP contribution in [0.25, 0.3) is 0 Å². The smallest absolute Gasteiger partial charge is 0.419 e. The van der Waals surface area contributed by atoms with E-state index < -0.39 is 95.4 Å². The van der Waals surface area contributed by atoms with Crippen molar-refractivity contribution in [2.75, 3.05) is 6.61 Å². The van der Waals surface area contributed by atoms with Crippen LogP contribution in [-0.4, -0.2) is 83.3 Å². The van der Waals surface area contributed by atoms with Crippen LogP contribution in [0, 0.1) is 28.1 Å². The van der Waals surface area contributed by atoms with Crippen LogP contribution in [0.15, 0.2) is 0 Å². The van der Waals surface area contributed by atoms with Gasteiger partial charge in [-0.3, -0.25) is 19.2 Å². The predicted molar refractivity (Wildman–Crippen MR) is 145 cm³/mol. The van der Waals surface area contributed by atoms with Gasteiger partial charge in [-0.05, 0) is 68.2 Å². The zero-order chi connectivity index (χ0) is 31.8. The van der Waals surface area contributed by atoms with Crippen molar-refractivity contribution >= 4 is 29.9 Å². The Hall–Kier alpha value is -2.73. The third-order valence-electron chi connectivity index (χ3n) is 6.82. The standard InChI is InChI=1S/C29H47NO11/c1-14(2)17(31)15(3)21(32)30-22-20(41-26(30)36)19(40-25(35)29(10,11)12)18(39-22)16(38-24(34)28(7,8)9)13-37-23(33)27(4,5)6/h14-20,22,31H,13H2,1-12H3/t15-,16+,17+,18+,19-,20+,22-/m0/s1. The van der Waals surface area contributed by atoms with Crippen molar-refractivity contribution in [1.82, 2.24) is 4.90 Å². The SMILES string of the molecule is CC(C)[C@@H](O)[C@H](C)C(=O)N1C(=O)O[C@@H]2[C@@H](OC(=O)C(C)(C)C)[C@@H]([C@@H](COC(=O)C(C)(C)C)OC(=O)C(C)(C)C)O[C@@H]21. The third-order valence-corrected chi connectivity index (χ3v) is 6.82. The molecule has 12 heteroatoms. The lowest BCUT2D eigenvalue weighted by Gasteiger charge is -2.32. The van der Waals surface area contributed by atoms with Gasteiger partial charge < -0.3 is 28.8 Å². The molecule has 2 rings (SSSR count). The zero-order valence-electron chi connectivity index (χ0n) is 26.3. The van der Waals surface area contributed by atoms with Crippen LogP contribution in [0.3, 0.4) is 0 Å². The summed E-state index contributed by atoms with van der Waals surface area (Å²) in [5, 5.41) is 10.5. The van der Waals surface area contributed by atoms with Crippen LogP contribution in [0.5, 0.6) is 0 Å². The summed E-state index contributed by atoms with van der Waals surface area (Å²) in [6, 6.07) is 0. The number of nitrogens with zero attached hydrogens (tertiary/aromatic N) is 1. The Morgan fingerprint density at radius 2 is 1.39 bits per heavy atom. The van der Waals surface area contributed by atoms with Gasteiger partial charge in [-0.15, -0.1) is 0 Å². The lowest BCUT2D eigenvalue weighted by molar-refractivity contribution is -0.191. The Labute approximate surface area is 242 Å². The summed E-state index contributed by atoms with van der Waals surface area (Å²) >= 11 is 0. The number of imide groups is 1. The second-order valence-corrected chi connectivity index (χ2v) is 14.2. The van der Waals surface area contributed by atoms with Crippen LogP contribution >= 0.6 is 0 Å². The predicted octanol–water partition coefficient (Wildman–Crippen LogP) is 3.22. The topological polar surface area (TPSA) is 155 Å². The zero-order valence-corrected chi connectivity index (χ0v) is 26.3. The first-order valence-electron chi connectivity index (χ1n) is 13.9. The summed E-state index contributed by atoms with van der Waals surface area (Å²) in [7, 11) is 0. The number of rotatable bonds is 8. The summed E-state index contributed by atoms with van der Waals surface area (Å²) in [6.45, 7) is 19.3. The van der Waals surface area contributed by atoms with Gasteiger partial charge in [0.15, 0.2) is 24.5 Å². The van der Waals surface area contributed by atoms with Gasteiger partial charge in [0.05, 0.1) is 28.3 Å². The number of esters is 3. The van der Waals surface area contributed by atoms with E-state index in [1.807, 2.05) is 0 Å². The number of carbonyl (C=O) groups excluding carboxylic acids is 5. The molecule has 0 bridgehead atoms. The van der Waals surface area contributed by atoms with E-state index in [1.165, 1.54) is 6.92 Å². The number of carbonyl (C=O) groups is 5. The molecule has 0 aromatic heterocycles. The van der Waals surface area contributed by atoms with Crippen molar-refractivity contribution in [3.05, 3.63) is 0 Å². The lowest BCUT2D eigenvalue weighted by Crippen LogP contribution is -2.49. The Morgan fingerprint density at radius 3 is 1.85 bits per heavy atom. The molecule has 0 aromatic carbocycles. The first-order valence-corrected chi connectivity index (χ1v) is 13.9. The molecule has 1 N–H and O–H groups in total. The molecule has 0 aliphatic carbocycles. The fraction of sp³-hybridized carbons (Fsp3) is 0.828. The monoisotopic (exact) mass is 585 g/mol. The molecule has 2 fully saturated rings. The summed E-state index contributed by atoms with van der Waals surface area (Å²) in [6.07, 6.45) is -8.57. The molecule has 0 spiro atoms. The number of hydrogen-bond donors (Lipinski definition) is 1. The second-order valence-electron chi connectivity index (χ2n) is 14.2. The molecule has 0 saturated carbocycles. The molecule has 2 amide bonds. The maximum atomic E-state index is 13.4. The second kappa shape index (κ2) is 12.2. The molecule has 12 nitrogen and oxygen atoms in total. The van der Waals surface area contributed by atoms with E-state index in [0.29, 0.717) is 0 Å². The molecule has 2 aliphatic heterocycles. The minimum Gasteiger partial charge on any atom is -0.461 e. The van der Waals surface area contributed by atoms with Crippen LogP contribution in [0.2, 0.25) is 0 Å². The molecule has 2 aliphatic rings. The van der Waals surface area contributed by atoms with Gasteiger partial charge >= 0.3 is 24.0 Å². The van der Waals surface area contributed by atoms with Crippen LogP contribution in [0.4, 0.5) is 4.79 Å². The first kappa shape index (κ1) is 34.5. The molecular weight excluding hydrogens is 538 g/mol. The van der Waals surface area contributed by atoms with Gasteiger partial charge in [-0.1, -0.05) is 20.8 Å². The largest absolute Gasteiger partial charge is 0.461 e. The van der Waals surface area contributed by atoms with Gasteiger partial charge in [0.2, 0.25) is 5.91 Å². The Kier molecular flexibility index (Phi) is 10.3. The van der Waals surface area contributed by atoms with E-state index in [4.69, 9.17) is 23.7 Å². The van der Waals surface area contributed by atoms with Crippen LogP contribution in [0.1, 0.15) is 83.1 Å². The molecule has 0 radical (unpaired) electrons. The van der Waals surface area contributed by atoms with Gasteiger partial charge in [0, 0.05) is 0 Å². The quantitative estimate of drug-likeness (QED) is 0.330. The molecule has 7 atom stereocenters. The van der Waals surface area contributed by atoms with Crippen molar-refractivity contribution < 1.29 is 52.8 Å². The summed E-state index contributed by atoms with van der Waals surface area (Å²) in [5.74, 6) is -3.88. The number of ether oxygens (including phenoxy) is 5. The fourth-order valence-electron chi connectivity index (χ4n) is 4.05. The van der Waals surface area contributed by atoms with Crippen LogP contribution < -0.4 is 0 Å². The van der Waals surface area contributed by atoms with E-state index in [1.54, 1.807) is 76.2 Å². The highest BCUT2D eigenvalue weighted by Crippen LogP contribution is 2.39. The average molecular weight is 586 g/mol. The fourth-order valence-corrected chi connectivity index (χ4v) is 4.05. The molecule has 2 saturated heterocycles. The summed E-state index contributed by atoms with van der Waals surface area (Å²) in [4.78, 5) is 65.6. The van der Waals surface area contributed by atoms with Crippen LogP contribution in [-0.2, 0) is 42.9 Å². The Morgan fingerprint density at radius 1 is 0.878 bits per heavy atom. The molecule has 0 unspecified atom stereocenters. The van der Waals surface area contributed by atoms with E-state index in [0.717, 1.165) is 4.90 Å². The highest BCUT2D eigenvalue weighted by molar-refractivity contribution is 5.95. The maximum absolute atomic E-state index is 13.4. The van der Waals surface area contributed by atoms with E-state index in [-0.39, 0.29) is 5.92 Å². The number of hydrogen-bond acceptors (Lipinski definition) is 11. The highest BCUT2D eigenvalue weighted by Gasteiger charge is 2.62. The van der Waals surface area contributed by atoms with Gasteiger partial charge in [0.1, 0.15) is 12.7 Å². The molecule has 41 heavy (non-hydrogen) atoms. The van der Waals surface area contributed by atoms with Crippen molar-refractivity contribution in [1.29, 1.82) is 0 Å². The Bertz CT molecular complexity index is 1020. The van der Waals surface area contributed by atoms with Crippen molar-refractivity contribution in [3.63, 3.8) is 0 Å². The van der Waals surface area contributed by atoms with E-state index >= 15 is 0 Å². The average Bonchev–Trinajstić information content (AvgIpc) is 3.32. The Balaban J connectivity index is 2.52. The van der Waals surface area contributed by atoms with E-state index in [2.05, 4.69) is 0 Å². The van der Waals surface area contributed by atoms with Crippen molar-refractivity contribution in [3.8, 4) is 0 Å². The van der Waals surface area contributed by atoms with E-state index in [9.17, 15) is 29.1 Å². The third kappa shape index (κ3) is 7.97. The molecule has 2 heterocycles. The number of amides is 2. The summed E-state index contributed by atoms with van der Waals surface area (Å²) < 4.78 is 28.6. The summed E-state index contributed by atoms with van der Waals surface area (Å²) in [5.41, 5.74) is -2.78. The maximum Gasteiger partial charge on any atom is 0.419 e. The first-order chi connectivity index (χ1) is 18.5. The van der Waals surface area contributed by atoms with Crippen molar-refractivity contribution in [2.45, 2.75) is 120 Å². The normalized spacial score (nSPS) is 25.2. The molecule has 234 valence electrons. The molecule has 0 aromatic rings. The minimum atomic E-state index is -1.35. The number of fused-ring (bicyclic) bond motifs is 1. The molecular formula is C29H47NO11. The van der Waals surface area contributed by atoms with Gasteiger partial charge in [-0.25, -0.2) is 9.69 Å². The van der Waals surface area contributed by atoms with Crippen molar-refractivity contribution in [2.24, 2.45) is 28.1 Å². The minimum absolute atomic E-state index is 0.278. The highest BCUT2D eigenvalue weighted by atomic mass is 16.7. The number of aliphatic hydroxyl groups is 1. The van der Waals surface area contributed by atoms with Gasteiger partial charge in [-0.2, -0.15) is 0 Å².